The highest BCUT2D eigenvalue weighted by Crippen LogP contribution is 2.54. The Labute approximate surface area is 363 Å². The van der Waals surface area contributed by atoms with Gasteiger partial charge in [-0.1, -0.05) is 156 Å². The number of fused-ring (bicyclic) bond motifs is 11. The highest BCUT2D eigenvalue weighted by Gasteiger charge is 2.38. The van der Waals surface area contributed by atoms with Gasteiger partial charge in [0.2, 0.25) is 0 Å². The summed E-state index contributed by atoms with van der Waals surface area (Å²) < 4.78 is 2.70. The summed E-state index contributed by atoms with van der Waals surface area (Å²) >= 11 is 1.89. The fourth-order valence-electron chi connectivity index (χ4n) is 11.1. The highest BCUT2D eigenvalue weighted by atomic mass is 32.1. The van der Waals surface area contributed by atoms with Gasteiger partial charge in [0, 0.05) is 31.0 Å². The predicted molar refractivity (Wildman–Crippen MR) is 268 cm³/mol. The molecule has 1 heterocycles. The van der Waals surface area contributed by atoms with Crippen LogP contribution in [0, 0.1) is 0 Å². The molecule has 2 aliphatic rings. The van der Waals surface area contributed by atoms with Gasteiger partial charge < -0.3 is 0 Å². The predicted octanol–water partition coefficient (Wildman–Crippen LogP) is 15.7. The molecule has 9 aromatic rings. The normalized spacial score (nSPS) is 15.0. The van der Waals surface area contributed by atoms with Gasteiger partial charge in [-0.2, -0.15) is 0 Å². The number of rotatable bonds is 5. The van der Waals surface area contributed by atoms with E-state index in [2.05, 4.69) is 200 Å². The quantitative estimate of drug-likeness (QED) is 0.163. The maximum Gasteiger partial charge on any atom is 0.0361 e. The molecule has 0 aliphatic heterocycles. The lowest BCUT2D eigenvalue weighted by Gasteiger charge is -2.23. The summed E-state index contributed by atoms with van der Waals surface area (Å²) in [6.07, 6.45) is 8.54. The molecule has 11 rings (SSSR count). The number of benzene rings is 8. The molecule has 0 bridgehead atoms. The maximum absolute atomic E-state index is 4.37. The first-order chi connectivity index (χ1) is 29.6. The first-order valence-corrected chi connectivity index (χ1v) is 22.4. The van der Waals surface area contributed by atoms with Gasteiger partial charge in [0.05, 0.1) is 0 Å². The van der Waals surface area contributed by atoms with Crippen LogP contribution in [0.1, 0.15) is 74.9 Å². The topological polar surface area (TPSA) is 0 Å². The lowest BCUT2D eigenvalue weighted by molar-refractivity contribution is 0.660. The van der Waals surface area contributed by atoms with Gasteiger partial charge in [-0.3, -0.25) is 0 Å². The molecule has 0 unspecified atom stereocenters. The molecular weight excluding hydrogens is 753 g/mol. The van der Waals surface area contributed by atoms with E-state index in [0.29, 0.717) is 0 Å². The molecule has 0 spiro atoms. The number of hydrogen-bond donors (Lipinski definition) is 0. The summed E-state index contributed by atoms with van der Waals surface area (Å²) in [5, 5.41) is 7.84. The van der Waals surface area contributed by atoms with Crippen molar-refractivity contribution in [2.45, 2.75) is 52.4 Å². The van der Waals surface area contributed by atoms with Crippen LogP contribution in [0.2, 0.25) is 0 Å². The molecule has 0 atom stereocenters. The lowest BCUT2D eigenvalue weighted by Crippen LogP contribution is -2.31. The van der Waals surface area contributed by atoms with Crippen molar-refractivity contribution < 1.29 is 0 Å². The van der Waals surface area contributed by atoms with Gasteiger partial charge in [-0.25, -0.2) is 0 Å². The van der Waals surface area contributed by atoms with Crippen molar-refractivity contribution in [1.82, 2.24) is 0 Å². The van der Waals surface area contributed by atoms with Crippen molar-refractivity contribution >= 4 is 66.6 Å². The fraction of sp³-hybridized carbons (Fsp3) is 0.133. The SMILES string of the molecule is C=Cc1c(C=C)c(-c2ccc3c(c2)-c2ccc(-c4ccc5c(c4)-c4cc6c(ccc7sc8ccccc8c76)cc4C5(C)C)cc2C3(C)C)c(=C/C)/c(=C\C)c1-c1ccccc1. The zero-order chi connectivity index (χ0) is 41.9. The van der Waals surface area contributed by atoms with E-state index in [1.54, 1.807) is 0 Å². The van der Waals surface area contributed by atoms with E-state index in [1.165, 1.54) is 119 Å². The Morgan fingerprint density at radius 3 is 1.69 bits per heavy atom. The van der Waals surface area contributed by atoms with Crippen LogP contribution in [0.5, 0.6) is 0 Å². The molecule has 1 aromatic heterocycles. The van der Waals surface area contributed by atoms with Crippen LogP contribution < -0.4 is 10.4 Å². The molecule has 0 saturated carbocycles. The summed E-state index contributed by atoms with van der Waals surface area (Å²) in [6.45, 7) is 22.5. The van der Waals surface area contributed by atoms with Gasteiger partial charge in [0.25, 0.3) is 0 Å². The fourth-order valence-corrected chi connectivity index (χ4v) is 12.3. The van der Waals surface area contributed by atoms with Gasteiger partial charge >= 0.3 is 0 Å². The Kier molecular flexibility index (Phi) is 8.28. The monoisotopic (exact) mass is 800 g/mol. The molecule has 0 fully saturated rings. The third kappa shape index (κ3) is 5.23. The summed E-state index contributed by atoms with van der Waals surface area (Å²) in [5.74, 6) is 0. The van der Waals surface area contributed by atoms with Crippen molar-refractivity contribution in [3.8, 4) is 55.6 Å². The molecule has 0 N–H and O–H groups in total. The largest absolute Gasteiger partial charge is 0.135 e. The Bertz CT molecular complexity index is 3510. The first-order valence-electron chi connectivity index (χ1n) is 21.6. The zero-order valence-corrected chi connectivity index (χ0v) is 36.7. The Morgan fingerprint density at radius 1 is 0.443 bits per heavy atom. The molecule has 8 aromatic carbocycles. The Balaban J connectivity index is 1.05. The van der Waals surface area contributed by atoms with E-state index in [1.807, 2.05) is 23.5 Å². The van der Waals surface area contributed by atoms with E-state index in [-0.39, 0.29) is 10.8 Å². The van der Waals surface area contributed by atoms with Crippen LogP contribution >= 0.6 is 11.3 Å². The van der Waals surface area contributed by atoms with Crippen LogP contribution in [0.4, 0.5) is 0 Å². The van der Waals surface area contributed by atoms with Crippen LogP contribution in [-0.2, 0) is 10.8 Å². The molecular formula is C60H48S. The Morgan fingerprint density at radius 2 is 1.00 bits per heavy atom. The second-order valence-corrected chi connectivity index (χ2v) is 19.0. The van der Waals surface area contributed by atoms with E-state index >= 15 is 0 Å². The minimum Gasteiger partial charge on any atom is -0.135 e. The number of thiophene rings is 1. The van der Waals surface area contributed by atoms with E-state index in [4.69, 9.17) is 0 Å². The molecule has 0 amide bonds. The summed E-state index contributed by atoms with van der Waals surface area (Å²) in [4.78, 5) is 0. The minimum absolute atomic E-state index is 0.0899. The molecule has 1 heteroatoms. The van der Waals surface area contributed by atoms with E-state index in [9.17, 15) is 0 Å². The molecule has 61 heavy (non-hydrogen) atoms. The van der Waals surface area contributed by atoms with Crippen LogP contribution in [0.15, 0.2) is 147 Å². The summed E-state index contributed by atoms with van der Waals surface area (Å²) in [5.41, 5.74) is 20.1. The lowest BCUT2D eigenvalue weighted by atomic mass is 9.80. The summed E-state index contributed by atoms with van der Waals surface area (Å²) in [6, 6.07) is 50.7. The molecule has 0 nitrogen and oxygen atoms in total. The van der Waals surface area contributed by atoms with Gasteiger partial charge in [-0.15, -0.1) is 11.3 Å². The van der Waals surface area contributed by atoms with Gasteiger partial charge in [0.1, 0.15) is 0 Å². The molecule has 294 valence electrons. The second-order valence-electron chi connectivity index (χ2n) is 17.9. The van der Waals surface area contributed by atoms with Crippen LogP contribution in [0.3, 0.4) is 0 Å². The van der Waals surface area contributed by atoms with Crippen LogP contribution in [-0.4, -0.2) is 0 Å². The smallest absolute Gasteiger partial charge is 0.0361 e. The average Bonchev–Trinajstić information content (AvgIpc) is 3.86. The standard InChI is InChI=1S/C60H48S/c1-9-40-42(11-3)57(43(12-4)41(10-2)56(40)35-18-14-13-15-19-35)39-24-28-50-47(31-39)44-26-22-37(32-52(44)59(50,5)6)36-23-27-51-48(30-36)49-34-46-38(33-53(49)60(51,7)8)25-29-55-58(46)45-20-16-17-21-54(45)61-55/h9-34H,1,3H2,2,4-8H3/b41-10+,43-12+. The van der Waals surface area contributed by atoms with E-state index in [0.717, 1.165) is 11.1 Å². The van der Waals surface area contributed by atoms with Crippen molar-refractivity contribution in [3.05, 3.63) is 190 Å². The van der Waals surface area contributed by atoms with Crippen molar-refractivity contribution in [3.63, 3.8) is 0 Å². The maximum atomic E-state index is 4.37. The molecule has 0 radical (unpaired) electrons. The third-order valence-electron chi connectivity index (χ3n) is 14.2. The van der Waals surface area contributed by atoms with Gasteiger partial charge in [-0.05, 0) is 167 Å². The van der Waals surface area contributed by atoms with Crippen LogP contribution in [0.25, 0.3) is 111 Å². The third-order valence-corrected chi connectivity index (χ3v) is 15.3. The minimum atomic E-state index is -0.162. The van der Waals surface area contributed by atoms with E-state index < -0.39 is 0 Å². The summed E-state index contributed by atoms with van der Waals surface area (Å²) in [7, 11) is 0. The zero-order valence-electron chi connectivity index (χ0n) is 35.8. The second kappa shape index (κ2) is 13.5. The molecule has 0 saturated heterocycles. The average molecular weight is 801 g/mol. The molecule has 2 aliphatic carbocycles. The first kappa shape index (κ1) is 37.5. The van der Waals surface area contributed by atoms with Gasteiger partial charge in [0.15, 0.2) is 0 Å². The van der Waals surface area contributed by atoms with Crippen molar-refractivity contribution in [2.24, 2.45) is 0 Å². The number of hydrogen-bond acceptors (Lipinski definition) is 1. The highest BCUT2D eigenvalue weighted by molar-refractivity contribution is 7.26. The Hall–Kier alpha value is -6.54. The van der Waals surface area contributed by atoms with Crippen molar-refractivity contribution in [1.29, 1.82) is 0 Å². The van der Waals surface area contributed by atoms with Crippen molar-refractivity contribution in [2.75, 3.05) is 0 Å².